The van der Waals surface area contributed by atoms with Crippen LogP contribution in [0.25, 0.3) is 21.9 Å². The Morgan fingerprint density at radius 2 is 1.82 bits per heavy atom. The molecule has 1 unspecified atom stereocenters. The number of hydrogen-bond acceptors (Lipinski definition) is 6. The first-order chi connectivity index (χ1) is 15.8. The molecule has 1 aliphatic heterocycles. The fraction of sp³-hybridized carbons (Fsp3) is 0.462. The van der Waals surface area contributed by atoms with Gasteiger partial charge in [0.15, 0.2) is 0 Å². The summed E-state index contributed by atoms with van der Waals surface area (Å²) >= 11 is 0. The molecule has 2 aromatic heterocycles. The molecule has 33 heavy (non-hydrogen) atoms. The molecule has 1 atom stereocenters. The largest absolute Gasteiger partial charge is 0.496 e. The van der Waals surface area contributed by atoms with Gasteiger partial charge in [0.1, 0.15) is 17.3 Å². The molecule has 3 aromatic rings. The van der Waals surface area contributed by atoms with Gasteiger partial charge in [-0.05, 0) is 49.1 Å². The Morgan fingerprint density at radius 3 is 2.42 bits per heavy atom. The average Bonchev–Trinajstić information content (AvgIpc) is 2.81. The van der Waals surface area contributed by atoms with Crippen molar-refractivity contribution in [2.24, 2.45) is 13.0 Å². The van der Waals surface area contributed by atoms with Crippen LogP contribution in [0.3, 0.4) is 0 Å². The predicted octanol–water partition coefficient (Wildman–Crippen LogP) is 3.92. The van der Waals surface area contributed by atoms with Gasteiger partial charge in [0, 0.05) is 57.6 Å². The van der Waals surface area contributed by atoms with E-state index in [1.54, 1.807) is 32.0 Å². The van der Waals surface area contributed by atoms with Gasteiger partial charge in [-0.25, -0.2) is 4.98 Å². The van der Waals surface area contributed by atoms with E-state index in [4.69, 9.17) is 9.47 Å². The van der Waals surface area contributed by atoms with Crippen LogP contribution in [0, 0.1) is 5.92 Å². The maximum absolute atomic E-state index is 12.8. The van der Waals surface area contributed by atoms with Crippen molar-refractivity contribution >= 4 is 16.6 Å². The molecule has 7 heteroatoms. The van der Waals surface area contributed by atoms with Crippen LogP contribution >= 0.6 is 0 Å². The van der Waals surface area contributed by atoms with Gasteiger partial charge in [-0.15, -0.1) is 0 Å². The Balaban J connectivity index is 1.86. The van der Waals surface area contributed by atoms with E-state index >= 15 is 0 Å². The van der Waals surface area contributed by atoms with Crippen molar-refractivity contribution < 1.29 is 9.47 Å². The summed E-state index contributed by atoms with van der Waals surface area (Å²) in [4.78, 5) is 21.7. The van der Waals surface area contributed by atoms with Crippen LogP contribution in [0.1, 0.15) is 25.3 Å². The standard InChI is InChI=1S/C26H34N4O3/c1-17-8-7-9-30(14-17)16-22-23(32-5)10-18(11-24(22)33-6)21-15-29(4)26(31)20-13-27-25(28(2)3)12-19(20)21/h10-13,15,17H,7-9,14,16H2,1-6H3. The van der Waals surface area contributed by atoms with Crippen molar-refractivity contribution in [3.05, 3.63) is 46.5 Å². The molecule has 1 fully saturated rings. The van der Waals surface area contributed by atoms with Crippen molar-refractivity contribution in [3.8, 4) is 22.6 Å². The number of benzene rings is 1. The van der Waals surface area contributed by atoms with Gasteiger partial charge in [-0.1, -0.05) is 6.92 Å². The van der Waals surface area contributed by atoms with Crippen molar-refractivity contribution in [2.75, 3.05) is 46.3 Å². The molecule has 1 aliphatic rings. The van der Waals surface area contributed by atoms with Crippen molar-refractivity contribution in [1.82, 2.24) is 14.5 Å². The Kier molecular flexibility index (Phi) is 6.61. The Bertz CT molecular complexity index is 1190. The highest BCUT2D eigenvalue weighted by molar-refractivity contribution is 5.97. The van der Waals surface area contributed by atoms with Gasteiger partial charge in [-0.3, -0.25) is 9.69 Å². The van der Waals surface area contributed by atoms with Gasteiger partial charge in [0.2, 0.25) is 0 Å². The maximum Gasteiger partial charge on any atom is 0.259 e. The van der Waals surface area contributed by atoms with Crippen molar-refractivity contribution in [1.29, 1.82) is 0 Å². The molecule has 0 spiro atoms. The lowest BCUT2D eigenvalue weighted by Crippen LogP contribution is -2.33. The smallest absolute Gasteiger partial charge is 0.259 e. The molecule has 1 saturated heterocycles. The second kappa shape index (κ2) is 9.43. The van der Waals surface area contributed by atoms with Crippen LogP contribution in [-0.4, -0.2) is 55.9 Å². The molecule has 7 nitrogen and oxygen atoms in total. The van der Waals surface area contributed by atoms with Crippen LogP contribution in [0.2, 0.25) is 0 Å². The van der Waals surface area contributed by atoms with E-state index in [1.165, 1.54) is 12.8 Å². The minimum atomic E-state index is -0.0682. The van der Waals surface area contributed by atoms with Gasteiger partial charge in [0.25, 0.3) is 5.56 Å². The summed E-state index contributed by atoms with van der Waals surface area (Å²) in [5.41, 5.74) is 2.87. The third-order valence-corrected chi connectivity index (χ3v) is 6.55. The molecule has 4 rings (SSSR count). The number of aryl methyl sites for hydroxylation is 1. The number of piperidine rings is 1. The van der Waals surface area contributed by atoms with Crippen LogP contribution in [0.5, 0.6) is 11.5 Å². The fourth-order valence-corrected chi connectivity index (χ4v) is 4.77. The zero-order valence-corrected chi connectivity index (χ0v) is 20.5. The SMILES string of the molecule is COc1cc(-c2cn(C)c(=O)c3cnc(N(C)C)cc23)cc(OC)c1CN1CCCC(C)C1. The third kappa shape index (κ3) is 4.55. The summed E-state index contributed by atoms with van der Waals surface area (Å²) in [7, 11) is 9.06. The van der Waals surface area contributed by atoms with E-state index in [2.05, 4.69) is 28.9 Å². The number of fused-ring (bicyclic) bond motifs is 1. The lowest BCUT2D eigenvalue weighted by atomic mass is 9.97. The molecule has 0 N–H and O–H groups in total. The summed E-state index contributed by atoms with van der Waals surface area (Å²) in [6, 6.07) is 6.08. The normalized spacial score (nSPS) is 16.7. The molecule has 0 saturated carbocycles. The zero-order valence-electron chi connectivity index (χ0n) is 20.5. The van der Waals surface area contributed by atoms with Crippen LogP contribution < -0.4 is 19.9 Å². The molecule has 0 amide bonds. The summed E-state index contributed by atoms with van der Waals surface area (Å²) in [6.45, 7) is 5.27. The number of pyridine rings is 2. The second-order valence-corrected chi connectivity index (χ2v) is 9.28. The maximum atomic E-state index is 12.8. The van der Waals surface area contributed by atoms with Crippen molar-refractivity contribution in [2.45, 2.75) is 26.3 Å². The number of ether oxygens (including phenoxy) is 2. The van der Waals surface area contributed by atoms with Crippen LogP contribution in [-0.2, 0) is 13.6 Å². The van der Waals surface area contributed by atoms with E-state index in [0.717, 1.165) is 59.0 Å². The third-order valence-electron chi connectivity index (χ3n) is 6.55. The highest BCUT2D eigenvalue weighted by Crippen LogP contribution is 2.38. The average molecular weight is 451 g/mol. The first kappa shape index (κ1) is 23.1. The number of aromatic nitrogens is 2. The summed E-state index contributed by atoms with van der Waals surface area (Å²) in [5.74, 6) is 3.09. The minimum Gasteiger partial charge on any atom is -0.496 e. The molecular formula is C26H34N4O3. The first-order valence-corrected chi connectivity index (χ1v) is 11.5. The molecule has 0 radical (unpaired) electrons. The number of nitrogens with zero attached hydrogens (tertiary/aromatic N) is 4. The molecule has 0 bridgehead atoms. The number of hydrogen-bond donors (Lipinski definition) is 0. The number of rotatable bonds is 6. The number of likely N-dealkylation sites (tertiary alicyclic amines) is 1. The minimum absolute atomic E-state index is 0.0682. The fourth-order valence-electron chi connectivity index (χ4n) is 4.77. The Hall–Kier alpha value is -3.06. The molecule has 3 heterocycles. The molecule has 1 aromatic carbocycles. The number of anilines is 1. The lowest BCUT2D eigenvalue weighted by molar-refractivity contribution is 0.173. The van der Waals surface area contributed by atoms with Gasteiger partial charge in [-0.2, -0.15) is 0 Å². The van der Waals surface area contributed by atoms with Gasteiger partial charge < -0.3 is 18.9 Å². The first-order valence-electron chi connectivity index (χ1n) is 11.5. The zero-order chi connectivity index (χ0) is 23.7. The van der Waals surface area contributed by atoms with E-state index in [0.29, 0.717) is 11.3 Å². The Morgan fingerprint density at radius 1 is 1.12 bits per heavy atom. The Labute approximate surface area is 195 Å². The summed E-state index contributed by atoms with van der Waals surface area (Å²) in [6.07, 6.45) is 6.05. The molecular weight excluding hydrogens is 416 g/mol. The van der Waals surface area contributed by atoms with E-state index in [9.17, 15) is 4.79 Å². The highest BCUT2D eigenvalue weighted by atomic mass is 16.5. The van der Waals surface area contributed by atoms with Crippen LogP contribution in [0.15, 0.2) is 35.4 Å². The molecule has 0 aliphatic carbocycles. The summed E-state index contributed by atoms with van der Waals surface area (Å²) < 4.78 is 13.3. The van der Waals surface area contributed by atoms with E-state index in [-0.39, 0.29) is 5.56 Å². The van der Waals surface area contributed by atoms with Gasteiger partial charge in [0.05, 0.1) is 25.2 Å². The summed E-state index contributed by atoms with van der Waals surface area (Å²) in [5, 5.41) is 1.45. The predicted molar refractivity (Wildman–Crippen MR) is 134 cm³/mol. The topological polar surface area (TPSA) is 59.8 Å². The molecule has 176 valence electrons. The van der Waals surface area contributed by atoms with Gasteiger partial charge >= 0.3 is 0 Å². The number of methoxy groups -OCH3 is 2. The second-order valence-electron chi connectivity index (χ2n) is 9.28. The lowest BCUT2D eigenvalue weighted by Gasteiger charge is -2.31. The highest BCUT2D eigenvalue weighted by Gasteiger charge is 2.22. The monoisotopic (exact) mass is 450 g/mol. The van der Waals surface area contributed by atoms with E-state index < -0.39 is 0 Å². The van der Waals surface area contributed by atoms with E-state index in [1.807, 2.05) is 31.3 Å². The van der Waals surface area contributed by atoms with Crippen LogP contribution in [0.4, 0.5) is 5.82 Å². The van der Waals surface area contributed by atoms with Crippen molar-refractivity contribution in [3.63, 3.8) is 0 Å². The quantitative estimate of drug-likeness (QED) is 0.567.